The summed E-state index contributed by atoms with van der Waals surface area (Å²) in [5, 5.41) is 7.55. The molecule has 1 amide bonds. The topological polar surface area (TPSA) is 29.1 Å². The molecule has 0 radical (unpaired) electrons. The molecule has 0 bridgehead atoms. The van der Waals surface area contributed by atoms with Gasteiger partial charge in [0.05, 0.1) is 0 Å². The van der Waals surface area contributed by atoms with Gasteiger partial charge in [0.1, 0.15) is 0 Å². The van der Waals surface area contributed by atoms with Crippen molar-refractivity contribution >= 4 is 33.1 Å². The van der Waals surface area contributed by atoms with Gasteiger partial charge >= 0.3 is 0 Å². The van der Waals surface area contributed by atoms with Gasteiger partial charge < -0.3 is 5.32 Å². The Labute approximate surface area is 133 Å². The van der Waals surface area contributed by atoms with Gasteiger partial charge in [-0.2, -0.15) is 0 Å². The standard InChI is InChI=1S/C21H13NO/c23-21-18-10-4-9-17-16(11-12-19(22-21)20(17)18)15-8-3-6-13-5-1-2-7-14(13)15/h1-12H,(H,22,23). The Morgan fingerprint density at radius 2 is 1.30 bits per heavy atom. The van der Waals surface area contributed by atoms with Crippen molar-refractivity contribution in [2.24, 2.45) is 0 Å². The van der Waals surface area contributed by atoms with Crippen LogP contribution in [-0.2, 0) is 0 Å². The van der Waals surface area contributed by atoms with Crippen molar-refractivity contribution in [2.45, 2.75) is 0 Å². The fourth-order valence-corrected chi connectivity index (χ4v) is 3.58. The molecule has 1 aliphatic heterocycles. The highest BCUT2D eigenvalue weighted by molar-refractivity contribution is 6.26. The van der Waals surface area contributed by atoms with Gasteiger partial charge in [0.2, 0.25) is 0 Å². The zero-order valence-corrected chi connectivity index (χ0v) is 12.3. The molecular weight excluding hydrogens is 282 g/mol. The molecule has 0 saturated heterocycles. The molecule has 2 heteroatoms. The first-order valence-electron chi connectivity index (χ1n) is 7.68. The van der Waals surface area contributed by atoms with E-state index in [1.54, 1.807) is 0 Å². The van der Waals surface area contributed by atoms with E-state index in [0.29, 0.717) is 0 Å². The lowest BCUT2D eigenvalue weighted by atomic mass is 9.92. The molecule has 1 heterocycles. The minimum absolute atomic E-state index is 0.0133. The van der Waals surface area contributed by atoms with E-state index < -0.39 is 0 Å². The third-order valence-corrected chi connectivity index (χ3v) is 4.61. The van der Waals surface area contributed by atoms with Gasteiger partial charge in [0.15, 0.2) is 0 Å². The number of carbonyl (C=O) groups is 1. The summed E-state index contributed by atoms with van der Waals surface area (Å²) in [5.74, 6) is -0.0133. The van der Waals surface area contributed by atoms with Crippen molar-refractivity contribution in [3.63, 3.8) is 0 Å². The monoisotopic (exact) mass is 295 g/mol. The second kappa shape index (κ2) is 4.43. The van der Waals surface area contributed by atoms with Crippen LogP contribution in [-0.4, -0.2) is 5.91 Å². The van der Waals surface area contributed by atoms with Crippen molar-refractivity contribution in [1.29, 1.82) is 0 Å². The highest BCUT2D eigenvalue weighted by atomic mass is 16.1. The first-order chi connectivity index (χ1) is 11.3. The normalized spacial score (nSPS) is 12.8. The number of benzene rings is 4. The number of amides is 1. The Kier molecular flexibility index (Phi) is 2.39. The van der Waals surface area contributed by atoms with Crippen LogP contribution in [0.5, 0.6) is 0 Å². The largest absolute Gasteiger partial charge is 0.321 e. The molecule has 0 unspecified atom stereocenters. The van der Waals surface area contributed by atoms with Gasteiger partial charge in [-0.1, -0.05) is 60.7 Å². The van der Waals surface area contributed by atoms with Crippen LogP contribution < -0.4 is 5.32 Å². The van der Waals surface area contributed by atoms with Gasteiger partial charge in [-0.25, -0.2) is 0 Å². The van der Waals surface area contributed by atoms with Crippen molar-refractivity contribution in [2.75, 3.05) is 5.32 Å². The molecule has 5 rings (SSSR count). The molecule has 1 aliphatic rings. The second-order valence-corrected chi connectivity index (χ2v) is 5.87. The summed E-state index contributed by atoms with van der Waals surface area (Å²) in [4.78, 5) is 12.1. The van der Waals surface area contributed by atoms with Crippen LogP contribution in [0.1, 0.15) is 10.4 Å². The van der Waals surface area contributed by atoms with E-state index in [4.69, 9.17) is 0 Å². The van der Waals surface area contributed by atoms with Crippen LogP contribution >= 0.6 is 0 Å². The van der Waals surface area contributed by atoms with E-state index in [9.17, 15) is 4.79 Å². The van der Waals surface area contributed by atoms with Crippen LogP contribution in [0.4, 0.5) is 5.69 Å². The quantitative estimate of drug-likeness (QED) is 0.512. The summed E-state index contributed by atoms with van der Waals surface area (Å²) >= 11 is 0. The summed E-state index contributed by atoms with van der Waals surface area (Å²) in [7, 11) is 0. The Hall–Kier alpha value is -3.13. The molecule has 4 aromatic rings. The predicted molar refractivity (Wildman–Crippen MR) is 94.8 cm³/mol. The van der Waals surface area contributed by atoms with Crippen LogP contribution in [0, 0.1) is 0 Å². The van der Waals surface area contributed by atoms with E-state index in [2.05, 4.69) is 59.9 Å². The fourth-order valence-electron chi connectivity index (χ4n) is 3.58. The first-order valence-corrected chi connectivity index (χ1v) is 7.68. The minimum Gasteiger partial charge on any atom is -0.321 e. The minimum atomic E-state index is -0.0133. The van der Waals surface area contributed by atoms with E-state index in [1.807, 2.05) is 18.2 Å². The number of nitrogens with one attached hydrogen (secondary N) is 1. The van der Waals surface area contributed by atoms with E-state index in [0.717, 1.165) is 22.0 Å². The number of carbonyl (C=O) groups excluding carboxylic acids is 1. The average Bonchev–Trinajstić information content (AvgIpc) is 2.93. The summed E-state index contributed by atoms with van der Waals surface area (Å²) in [6, 6.07) is 24.8. The molecule has 108 valence electrons. The van der Waals surface area contributed by atoms with Gasteiger partial charge in [-0.3, -0.25) is 4.79 Å². The van der Waals surface area contributed by atoms with Crippen LogP contribution in [0.25, 0.3) is 32.7 Å². The van der Waals surface area contributed by atoms with E-state index in [-0.39, 0.29) is 5.91 Å². The molecule has 0 aliphatic carbocycles. The van der Waals surface area contributed by atoms with Gasteiger partial charge in [0, 0.05) is 16.6 Å². The van der Waals surface area contributed by atoms with Crippen molar-refractivity contribution in [3.8, 4) is 11.1 Å². The van der Waals surface area contributed by atoms with Crippen LogP contribution in [0.2, 0.25) is 0 Å². The third kappa shape index (κ3) is 1.66. The molecule has 0 saturated carbocycles. The lowest BCUT2D eigenvalue weighted by Gasteiger charge is -2.11. The molecule has 23 heavy (non-hydrogen) atoms. The lowest BCUT2D eigenvalue weighted by molar-refractivity contribution is 0.103. The zero-order valence-electron chi connectivity index (χ0n) is 12.3. The van der Waals surface area contributed by atoms with Crippen LogP contribution in [0.15, 0.2) is 72.8 Å². The van der Waals surface area contributed by atoms with E-state index in [1.165, 1.54) is 21.9 Å². The van der Waals surface area contributed by atoms with Crippen molar-refractivity contribution in [3.05, 3.63) is 78.4 Å². The molecule has 0 spiro atoms. The molecule has 0 aromatic heterocycles. The summed E-state index contributed by atoms with van der Waals surface area (Å²) in [5.41, 5.74) is 4.04. The number of rotatable bonds is 1. The van der Waals surface area contributed by atoms with Crippen molar-refractivity contribution in [1.82, 2.24) is 0 Å². The Morgan fingerprint density at radius 3 is 2.26 bits per heavy atom. The first kappa shape index (κ1) is 12.4. The average molecular weight is 295 g/mol. The predicted octanol–water partition coefficient (Wildman–Crippen LogP) is 5.23. The Balaban J connectivity index is 1.92. The number of anilines is 1. The SMILES string of the molecule is O=C1Nc2ccc(-c3cccc4ccccc34)c3cccc1c23. The highest BCUT2D eigenvalue weighted by Crippen LogP contribution is 2.40. The van der Waals surface area contributed by atoms with Gasteiger partial charge in [-0.05, 0) is 39.4 Å². The van der Waals surface area contributed by atoms with E-state index >= 15 is 0 Å². The summed E-state index contributed by atoms with van der Waals surface area (Å²) in [6.45, 7) is 0. The van der Waals surface area contributed by atoms with Gasteiger partial charge in [0.25, 0.3) is 5.91 Å². The highest BCUT2D eigenvalue weighted by Gasteiger charge is 2.22. The molecule has 1 N–H and O–H groups in total. The molecule has 0 atom stereocenters. The molecule has 0 fully saturated rings. The second-order valence-electron chi connectivity index (χ2n) is 5.87. The Morgan fingerprint density at radius 1 is 0.609 bits per heavy atom. The number of fused-ring (bicyclic) bond motifs is 1. The smallest absolute Gasteiger partial charge is 0.256 e. The summed E-state index contributed by atoms with van der Waals surface area (Å²) in [6.07, 6.45) is 0. The lowest BCUT2D eigenvalue weighted by Crippen LogP contribution is -2.03. The zero-order chi connectivity index (χ0) is 15.4. The van der Waals surface area contributed by atoms with Crippen molar-refractivity contribution < 1.29 is 4.79 Å². The maximum atomic E-state index is 12.1. The van der Waals surface area contributed by atoms with Crippen LogP contribution in [0.3, 0.4) is 0 Å². The third-order valence-electron chi connectivity index (χ3n) is 4.61. The number of hydrogen-bond donors (Lipinski definition) is 1. The maximum Gasteiger partial charge on any atom is 0.256 e. The molecule has 2 nitrogen and oxygen atoms in total. The Bertz CT molecular complexity index is 1110. The van der Waals surface area contributed by atoms with Gasteiger partial charge in [-0.15, -0.1) is 0 Å². The maximum absolute atomic E-state index is 12.1. The fraction of sp³-hybridized carbons (Fsp3) is 0. The molecular formula is C21H13NO. The number of hydrogen-bond acceptors (Lipinski definition) is 1. The summed E-state index contributed by atoms with van der Waals surface area (Å²) < 4.78 is 0. The molecule has 4 aromatic carbocycles.